The summed E-state index contributed by atoms with van der Waals surface area (Å²) in [4.78, 5) is 47.7. The number of pyridine rings is 3. The molecular weight excluding hydrogens is 569 g/mol. The number of nitrogens with zero attached hydrogens (tertiary/aromatic N) is 6. The predicted octanol–water partition coefficient (Wildman–Crippen LogP) is 2.21. The maximum absolute atomic E-state index is 13.8. The third kappa shape index (κ3) is 7.50. The standard InChI is InChI=1S/C28H27F3N8O4/c29-28(30,31)23-14-22(19-2-1-7-32-15-19)36-39(23)21-4-5-24(34-16-21)35-27(42)20-3-6-26(41)38(17-20)18-25(40)33-8-9-37-10-12-43-13-11-37/h1-7,14-17H,8-13,18H2,(H,33,40)(H,34,35,42). The van der Waals surface area contributed by atoms with Crippen molar-refractivity contribution in [2.45, 2.75) is 12.7 Å². The average Bonchev–Trinajstić information content (AvgIpc) is 3.46. The van der Waals surface area contributed by atoms with E-state index in [-0.39, 0.29) is 35.2 Å². The first-order chi connectivity index (χ1) is 20.7. The van der Waals surface area contributed by atoms with Gasteiger partial charge in [0.1, 0.15) is 18.1 Å². The summed E-state index contributed by atoms with van der Waals surface area (Å²) in [6, 6.07) is 9.25. The van der Waals surface area contributed by atoms with Gasteiger partial charge in [-0.3, -0.25) is 24.3 Å². The van der Waals surface area contributed by atoms with Gasteiger partial charge in [0.05, 0.1) is 36.4 Å². The highest BCUT2D eigenvalue weighted by Gasteiger charge is 2.36. The van der Waals surface area contributed by atoms with Crippen LogP contribution in [0.15, 0.2) is 72.0 Å². The van der Waals surface area contributed by atoms with Crippen LogP contribution in [0.1, 0.15) is 16.1 Å². The summed E-state index contributed by atoms with van der Waals surface area (Å²) in [6.45, 7) is 3.65. The van der Waals surface area contributed by atoms with E-state index in [0.717, 1.165) is 34.6 Å². The van der Waals surface area contributed by atoms with Crippen molar-refractivity contribution in [3.05, 3.63) is 88.9 Å². The fourth-order valence-corrected chi connectivity index (χ4v) is 4.39. The van der Waals surface area contributed by atoms with E-state index in [2.05, 4.69) is 30.6 Å². The van der Waals surface area contributed by atoms with Gasteiger partial charge in [-0.2, -0.15) is 18.3 Å². The van der Waals surface area contributed by atoms with Gasteiger partial charge in [0, 0.05) is 56.4 Å². The number of alkyl halides is 3. The first-order valence-electron chi connectivity index (χ1n) is 13.3. The molecule has 1 aliphatic heterocycles. The number of rotatable bonds is 9. The van der Waals surface area contributed by atoms with Crippen LogP contribution in [0.3, 0.4) is 0 Å². The van der Waals surface area contributed by atoms with Crippen molar-refractivity contribution >= 4 is 17.6 Å². The second-order valence-electron chi connectivity index (χ2n) is 9.61. The normalized spacial score (nSPS) is 13.9. The number of anilines is 1. The van der Waals surface area contributed by atoms with E-state index in [1.807, 2.05) is 0 Å². The summed E-state index contributed by atoms with van der Waals surface area (Å²) >= 11 is 0. The minimum Gasteiger partial charge on any atom is -0.379 e. The van der Waals surface area contributed by atoms with Crippen LogP contribution in [0, 0.1) is 0 Å². The Morgan fingerprint density at radius 2 is 1.86 bits per heavy atom. The molecule has 0 saturated carbocycles. The lowest BCUT2D eigenvalue weighted by molar-refractivity contribution is -0.142. The fraction of sp³-hybridized carbons (Fsp3) is 0.286. The van der Waals surface area contributed by atoms with E-state index in [1.54, 1.807) is 12.1 Å². The minimum absolute atomic E-state index is 0.0219. The molecule has 0 aliphatic carbocycles. The van der Waals surface area contributed by atoms with Crippen molar-refractivity contribution in [2.24, 2.45) is 0 Å². The third-order valence-corrected chi connectivity index (χ3v) is 6.60. The second-order valence-corrected chi connectivity index (χ2v) is 9.61. The molecule has 2 N–H and O–H groups in total. The van der Waals surface area contributed by atoms with Gasteiger partial charge in [-0.15, -0.1) is 0 Å². The van der Waals surface area contributed by atoms with Crippen molar-refractivity contribution in [3.8, 4) is 16.9 Å². The Bertz CT molecular complexity index is 1630. The number of aromatic nitrogens is 5. The largest absolute Gasteiger partial charge is 0.433 e. The van der Waals surface area contributed by atoms with E-state index < -0.39 is 23.3 Å². The van der Waals surface area contributed by atoms with Gasteiger partial charge in [-0.1, -0.05) is 0 Å². The fourth-order valence-electron chi connectivity index (χ4n) is 4.39. The van der Waals surface area contributed by atoms with E-state index in [4.69, 9.17) is 4.74 Å². The molecule has 1 aliphatic rings. The van der Waals surface area contributed by atoms with Crippen LogP contribution in [-0.2, 0) is 22.3 Å². The topological polar surface area (TPSA) is 136 Å². The highest BCUT2D eigenvalue weighted by molar-refractivity contribution is 6.03. The van der Waals surface area contributed by atoms with Gasteiger partial charge < -0.3 is 19.9 Å². The number of amides is 2. The summed E-state index contributed by atoms with van der Waals surface area (Å²) < 4.78 is 48.5. The number of nitrogens with one attached hydrogen (secondary N) is 2. The van der Waals surface area contributed by atoms with Gasteiger partial charge >= 0.3 is 6.18 Å². The summed E-state index contributed by atoms with van der Waals surface area (Å²) in [5.41, 5.74) is -0.869. The molecule has 43 heavy (non-hydrogen) atoms. The first kappa shape index (κ1) is 29.6. The molecule has 5 rings (SSSR count). The van der Waals surface area contributed by atoms with Gasteiger partial charge in [-0.25, -0.2) is 9.67 Å². The molecule has 1 fully saturated rings. The Morgan fingerprint density at radius 1 is 1.05 bits per heavy atom. The van der Waals surface area contributed by atoms with E-state index in [9.17, 15) is 27.6 Å². The summed E-state index contributed by atoms with van der Waals surface area (Å²) in [5, 5.41) is 9.40. The smallest absolute Gasteiger partial charge is 0.379 e. The molecule has 0 radical (unpaired) electrons. The molecule has 224 valence electrons. The molecule has 0 bridgehead atoms. The molecule has 12 nitrogen and oxygen atoms in total. The number of ether oxygens (including phenoxy) is 1. The number of hydrogen-bond donors (Lipinski definition) is 2. The monoisotopic (exact) mass is 596 g/mol. The van der Waals surface area contributed by atoms with Crippen molar-refractivity contribution < 1.29 is 27.5 Å². The molecule has 2 amide bonds. The molecular formula is C28H27F3N8O4. The third-order valence-electron chi connectivity index (χ3n) is 6.60. The van der Waals surface area contributed by atoms with E-state index in [1.165, 1.54) is 42.9 Å². The zero-order valence-corrected chi connectivity index (χ0v) is 22.8. The van der Waals surface area contributed by atoms with Crippen LogP contribution in [0.2, 0.25) is 0 Å². The van der Waals surface area contributed by atoms with Gasteiger partial charge in [0.15, 0.2) is 0 Å². The molecule has 5 heterocycles. The Kier molecular flexibility index (Phi) is 8.92. The summed E-state index contributed by atoms with van der Waals surface area (Å²) in [7, 11) is 0. The quantitative estimate of drug-likeness (QED) is 0.300. The van der Waals surface area contributed by atoms with Crippen LogP contribution >= 0.6 is 0 Å². The second kappa shape index (κ2) is 13.0. The molecule has 15 heteroatoms. The lowest BCUT2D eigenvalue weighted by atomic mass is 10.2. The zero-order valence-electron chi connectivity index (χ0n) is 22.8. The Hall–Kier alpha value is -4.89. The molecule has 4 aromatic rings. The molecule has 0 unspecified atom stereocenters. The molecule has 0 spiro atoms. The Morgan fingerprint density at radius 3 is 2.56 bits per heavy atom. The number of halogens is 3. The van der Waals surface area contributed by atoms with Crippen LogP contribution < -0.4 is 16.2 Å². The SMILES string of the molecule is O=C(Cn1cc(C(=O)Nc2ccc(-n3nc(-c4cccnc4)cc3C(F)(F)F)cn2)ccc1=O)NCCN1CCOCC1. The van der Waals surface area contributed by atoms with Gasteiger partial charge in [-0.05, 0) is 36.4 Å². The van der Waals surface area contributed by atoms with Crippen LogP contribution in [0.25, 0.3) is 16.9 Å². The highest BCUT2D eigenvalue weighted by Crippen LogP contribution is 2.34. The van der Waals surface area contributed by atoms with Crippen molar-refractivity contribution in [2.75, 3.05) is 44.7 Å². The molecule has 4 aromatic heterocycles. The average molecular weight is 597 g/mol. The van der Waals surface area contributed by atoms with Gasteiger partial charge in [0.25, 0.3) is 11.5 Å². The highest BCUT2D eigenvalue weighted by atomic mass is 19.4. The van der Waals surface area contributed by atoms with Crippen molar-refractivity contribution in [1.29, 1.82) is 0 Å². The molecule has 0 aromatic carbocycles. The summed E-state index contributed by atoms with van der Waals surface area (Å²) in [6.07, 6.45) is 0.622. The Balaban J connectivity index is 1.24. The van der Waals surface area contributed by atoms with Crippen molar-refractivity contribution in [1.82, 2.24) is 34.5 Å². The minimum atomic E-state index is -4.69. The Labute approximate surface area is 243 Å². The van der Waals surface area contributed by atoms with E-state index >= 15 is 0 Å². The lowest BCUT2D eigenvalue weighted by Crippen LogP contribution is -2.42. The number of carbonyl (C=O) groups excluding carboxylic acids is 2. The number of carbonyl (C=O) groups is 2. The van der Waals surface area contributed by atoms with Crippen molar-refractivity contribution in [3.63, 3.8) is 0 Å². The van der Waals surface area contributed by atoms with Gasteiger partial charge in [0.2, 0.25) is 5.91 Å². The van der Waals surface area contributed by atoms with Crippen LogP contribution in [-0.4, -0.2) is 80.4 Å². The lowest BCUT2D eigenvalue weighted by Gasteiger charge is -2.26. The molecule has 1 saturated heterocycles. The number of hydrogen-bond acceptors (Lipinski definition) is 8. The zero-order chi connectivity index (χ0) is 30.4. The maximum atomic E-state index is 13.8. The maximum Gasteiger partial charge on any atom is 0.433 e. The number of morpholine rings is 1. The molecule has 0 atom stereocenters. The first-order valence-corrected chi connectivity index (χ1v) is 13.3. The predicted molar refractivity (Wildman–Crippen MR) is 149 cm³/mol. The van der Waals surface area contributed by atoms with E-state index in [0.29, 0.717) is 31.9 Å². The summed E-state index contributed by atoms with van der Waals surface area (Å²) in [5.74, 6) is -0.954. The van der Waals surface area contributed by atoms with Crippen LogP contribution in [0.5, 0.6) is 0 Å². The van der Waals surface area contributed by atoms with Crippen LogP contribution in [0.4, 0.5) is 19.0 Å².